The summed E-state index contributed by atoms with van der Waals surface area (Å²) in [7, 11) is 3.02. The number of carbonyl (C=O) groups is 3. The highest BCUT2D eigenvalue weighted by Gasteiger charge is 2.68. The van der Waals surface area contributed by atoms with Gasteiger partial charge in [0.2, 0.25) is 0 Å². The third-order valence-corrected chi connectivity index (χ3v) is 7.84. The average molecular weight is 481 g/mol. The van der Waals surface area contributed by atoms with Crippen molar-refractivity contribution in [3.8, 4) is 5.75 Å². The quantitative estimate of drug-likeness (QED) is 0.307. The number of benzene rings is 1. The van der Waals surface area contributed by atoms with Crippen LogP contribution in [0.5, 0.6) is 5.75 Å². The molecule has 0 spiro atoms. The van der Waals surface area contributed by atoms with Crippen LogP contribution in [0, 0.1) is 17.8 Å². The maximum atomic E-state index is 13.5. The lowest BCUT2D eigenvalue weighted by molar-refractivity contribution is -0.205. The number of fused-ring (bicyclic) bond motifs is 3. The van der Waals surface area contributed by atoms with E-state index in [1.54, 1.807) is 0 Å². The third-order valence-electron chi connectivity index (χ3n) is 7.52. The minimum Gasteiger partial charge on any atom is -0.508 e. The molecule has 0 saturated heterocycles. The molecule has 1 amide bonds. The zero-order chi connectivity index (χ0) is 24.8. The van der Waals surface area contributed by atoms with Crippen molar-refractivity contribution < 1.29 is 39.9 Å². The van der Waals surface area contributed by atoms with E-state index in [0.717, 1.165) is 0 Å². The maximum absolute atomic E-state index is 13.5. The molecule has 1 fully saturated rings. The zero-order valence-electron chi connectivity index (χ0n) is 18.1. The number of nitrogens with zero attached hydrogens (tertiary/aromatic N) is 1. The molecule has 0 aromatic heterocycles. The number of ketones is 2. The second kappa shape index (κ2) is 7.25. The maximum Gasteiger partial charge on any atom is 0.255 e. The van der Waals surface area contributed by atoms with Gasteiger partial charge in [0.15, 0.2) is 17.2 Å². The summed E-state index contributed by atoms with van der Waals surface area (Å²) in [5, 5.41) is 55.7. The number of Topliss-reactive ketones (excluding diaryl/α,β-unsaturated/α-hetero) is 2. The Labute approximate surface area is 193 Å². The molecule has 1 aromatic carbocycles. The first-order valence-corrected chi connectivity index (χ1v) is 10.7. The van der Waals surface area contributed by atoms with Crippen LogP contribution in [0.25, 0.3) is 0 Å². The minimum atomic E-state index is -2.59. The molecular weight excluding hydrogens is 456 g/mol. The smallest absolute Gasteiger partial charge is 0.255 e. The number of hydrogen-bond acceptors (Lipinski definition) is 9. The van der Waals surface area contributed by atoms with Gasteiger partial charge >= 0.3 is 0 Å². The molecule has 7 N–H and O–H groups in total. The van der Waals surface area contributed by atoms with Gasteiger partial charge in [0.05, 0.1) is 23.1 Å². The van der Waals surface area contributed by atoms with Crippen molar-refractivity contribution in [1.82, 2.24) is 4.90 Å². The van der Waals surface area contributed by atoms with Crippen LogP contribution in [0.3, 0.4) is 0 Å². The lowest BCUT2D eigenvalue weighted by Gasteiger charge is -2.58. The molecule has 178 valence electrons. The second-order valence-corrected chi connectivity index (χ2v) is 9.84. The van der Waals surface area contributed by atoms with Gasteiger partial charge in [-0.15, -0.1) is 0 Å². The Morgan fingerprint density at radius 1 is 1.15 bits per heavy atom. The number of phenols is 1. The highest BCUT2D eigenvalue weighted by Crippen LogP contribution is 2.58. The SMILES string of the molecule is CN(C)[C@@H]1C(=O)C(C(N)=O)=C(O)[C@@]2(O)C(O)C3C(=O)c4c(O)ccc(Cl)c4[C@@](C)(O)[C@H]3C[C@@H]12. The summed E-state index contributed by atoms with van der Waals surface area (Å²) in [4.78, 5) is 39.9. The van der Waals surface area contributed by atoms with Crippen molar-refractivity contribution in [1.29, 1.82) is 0 Å². The molecule has 7 atom stereocenters. The van der Waals surface area contributed by atoms with E-state index in [1.807, 2.05) is 0 Å². The van der Waals surface area contributed by atoms with Crippen LogP contribution < -0.4 is 5.73 Å². The Kier molecular flexibility index (Phi) is 5.19. The average Bonchev–Trinajstić information content (AvgIpc) is 2.69. The van der Waals surface area contributed by atoms with E-state index in [9.17, 15) is 39.9 Å². The number of carbonyl (C=O) groups excluding carboxylic acids is 3. The summed E-state index contributed by atoms with van der Waals surface area (Å²) >= 11 is 6.28. The summed E-state index contributed by atoms with van der Waals surface area (Å²) < 4.78 is 0. The zero-order valence-corrected chi connectivity index (χ0v) is 18.9. The molecule has 1 aromatic rings. The first-order chi connectivity index (χ1) is 15.2. The normalized spacial score (nSPS) is 38.1. The van der Waals surface area contributed by atoms with Crippen molar-refractivity contribution >= 4 is 29.1 Å². The van der Waals surface area contributed by atoms with Gasteiger partial charge in [-0.2, -0.15) is 0 Å². The van der Waals surface area contributed by atoms with Gasteiger partial charge < -0.3 is 31.3 Å². The molecule has 4 rings (SSSR count). The van der Waals surface area contributed by atoms with Gasteiger partial charge in [0.1, 0.15) is 23.2 Å². The number of amides is 1. The fourth-order valence-corrected chi connectivity index (χ4v) is 6.39. The van der Waals surface area contributed by atoms with Crippen LogP contribution in [-0.2, 0) is 15.2 Å². The predicted molar refractivity (Wildman–Crippen MR) is 114 cm³/mol. The largest absolute Gasteiger partial charge is 0.508 e. The van der Waals surface area contributed by atoms with Crippen molar-refractivity contribution in [2.24, 2.45) is 23.5 Å². The van der Waals surface area contributed by atoms with Gasteiger partial charge in [-0.05, 0) is 39.6 Å². The van der Waals surface area contributed by atoms with Crippen molar-refractivity contribution in [2.45, 2.75) is 36.7 Å². The van der Waals surface area contributed by atoms with E-state index in [4.69, 9.17) is 17.3 Å². The van der Waals surface area contributed by atoms with E-state index in [2.05, 4.69) is 0 Å². The Morgan fingerprint density at radius 3 is 2.30 bits per heavy atom. The Morgan fingerprint density at radius 2 is 1.76 bits per heavy atom. The highest BCUT2D eigenvalue weighted by molar-refractivity contribution is 6.32. The summed E-state index contributed by atoms with van der Waals surface area (Å²) in [5.74, 6) is -8.26. The molecule has 0 radical (unpaired) electrons. The number of likely N-dealkylation sites (N-methyl/N-ethyl adjacent to an activating group) is 1. The molecule has 3 aliphatic carbocycles. The molecular formula is C22H25ClN2O8. The molecule has 33 heavy (non-hydrogen) atoms. The first kappa shape index (κ1) is 23.7. The number of phenolic OH excluding ortho intramolecular Hbond substituents is 1. The van der Waals surface area contributed by atoms with E-state index >= 15 is 0 Å². The summed E-state index contributed by atoms with van der Waals surface area (Å²) in [6.07, 6.45) is -2.25. The Balaban J connectivity index is 2.00. The number of nitrogens with two attached hydrogens (primary N) is 1. The first-order valence-electron chi connectivity index (χ1n) is 10.3. The number of rotatable bonds is 2. The van der Waals surface area contributed by atoms with Gasteiger partial charge in [0.25, 0.3) is 5.91 Å². The summed E-state index contributed by atoms with van der Waals surface area (Å²) in [6.45, 7) is 1.37. The molecule has 2 unspecified atom stereocenters. The number of aromatic hydroxyl groups is 1. The van der Waals surface area contributed by atoms with E-state index in [0.29, 0.717) is 0 Å². The lowest BCUT2D eigenvalue weighted by atomic mass is 9.50. The molecule has 1 saturated carbocycles. The van der Waals surface area contributed by atoms with Crippen LogP contribution in [-0.4, -0.2) is 79.7 Å². The van der Waals surface area contributed by atoms with Gasteiger partial charge in [-0.25, -0.2) is 0 Å². The molecule has 10 nitrogen and oxygen atoms in total. The molecule has 0 aliphatic heterocycles. The van der Waals surface area contributed by atoms with Crippen molar-refractivity contribution in [3.05, 3.63) is 39.6 Å². The van der Waals surface area contributed by atoms with E-state index < -0.39 is 75.7 Å². The third kappa shape index (κ3) is 2.85. The van der Waals surface area contributed by atoms with Crippen molar-refractivity contribution in [2.75, 3.05) is 14.1 Å². The number of primary amides is 1. The molecule has 0 bridgehead atoms. The monoisotopic (exact) mass is 480 g/mol. The standard InChI is InChI=1S/C22H25ClN2O8/c1-21(32)7-6-8-15(25(2)3)17(28)13(20(24)31)19(30)22(8,33)18(29)11(7)16(27)12-10(26)5-4-9(23)14(12)21/h4-5,7-8,11,15,18,26,29-30,32-33H,6H2,1-3H3,(H2,24,31)/t7-,8-,11?,15-,18?,21-,22-/m0/s1. The van der Waals surface area contributed by atoms with Crippen LogP contribution in [0.15, 0.2) is 23.5 Å². The number of aliphatic hydroxyl groups is 4. The summed E-state index contributed by atoms with van der Waals surface area (Å²) in [5.41, 5.74) is -0.324. The molecule has 0 heterocycles. The summed E-state index contributed by atoms with van der Waals surface area (Å²) in [6, 6.07) is 1.30. The lowest BCUT2D eigenvalue weighted by Crippen LogP contribution is -2.71. The van der Waals surface area contributed by atoms with E-state index in [-0.39, 0.29) is 22.6 Å². The van der Waals surface area contributed by atoms with Crippen LogP contribution in [0.2, 0.25) is 5.02 Å². The Hall–Kier alpha value is -2.50. The van der Waals surface area contributed by atoms with Crippen LogP contribution in [0.4, 0.5) is 0 Å². The van der Waals surface area contributed by atoms with Crippen LogP contribution in [0.1, 0.15) is 29.3 Å². The topological polar surface area (TPSA) is 182 Å². The fourth-order valence-electron chi connectivity index (χ4n) is 6.05. The minimum absolute atomic E-state index is 0.0193. The second-order valence-electron chi connectivity index (χ2n) is 9.43. The molecule has 11 heteroatoms. The van der Waals surface area contributed by atoms with Gasteiger partial charge in [-0.1, -0.05) is 11.6 Å². The number of hydrogen-bond donors (Lipinski definition) is 6. The number of halogens is 1. The Bertz CT molecular complexity index is 1130. The van der Waals surface area contributed by atoms with Crippen molar-refractivity contribution in [3.63, 3.8) is 0 Å². The fraction of sp³-hybridized carbons (Fsp3) is 0.500. The predicted octanol–water partition coefficient (Wildman–Crippen LogP) is -0.396. The van der Waals surface area contributed by atoms with Gasteiger partial charge in [0, 0.05) is 22.4 Å². The number of aliphatic hydroxyl groups excluding tert-OH is 2. The molecule has 3 aliphatic rings. The highest BCUT2D eigenvalue weighted by atomic mass is 35.5. The van der Waals surface area contributed by atoms with E-state index in [1.165, 1.54) is 38.1 Å². The van der Waals surface area contributed by atoms with Gasteiger partial charge in [-0.3, -0.25) is 19.3 Å². The van der Waals surface area contributed by atoms with Crippen LogP contribution >= 0.6 is 11.6 Å².